The maximum absolute atomic E-state index is 13.2. The number of benzene rings is 1. The predicted molar refractivity (Wildman–Crippen MR) is 127 cm³/mol. The fraction of sp³-hybridized carbons (Fsp3) is 0.524. The van der Waals surface area contributed by atoms with E-state index in [0.29, 0.717) is 12.0 Å². The smallest absolute Gasteiger partial charge is 0.399 e. The van der Waals surface area contributed by atoms with Gasteiger partial charge < -0.3 is 21.3 Å². The summed E-state index contributed by atoms with van der Waals surface area (Å²) >= 11 is 0. The van der Waals surface area contributed by atoms with Gasteiger partial charge in [-0.2, -0.15) is 18.2 Å². The van der Waals surface area contributed by atoms with Gasteiger partial charge >= 0.3 is 6.18 Å². The lowest BCUT2D eigenvalue weighted by Crippen LogP contribution is -2.45. The number of hydrogen-bond acceptors (Lipinski definition) is 6. The summed E-state index contributed by atoms with van der Waals surface area (Å²) in [7, 11) is 1.97. The first-order valence-electron chi connectivity index (χ1n) is 10.4. The molecule has 32 heavy (non-hydrogen) atoms. The van der Waals surface area contributed by atoms with Crippen LogP contribution in [-0.4, -0.2) is 36.1 Å². The molecule has 0 radical (unpaired) electrons. The third-order valence-corrected chi connectivity index (χ3v) is 5.83. The molecule has 2 aromatic rings. The number of fused-ring (bicyclic) bond motifs is 1. The topological polar surface area (TPSA) is 79.1 Å². The molecule has 2 aliphatic rings. The molecule has 0 amide bonds. The van der Waals surface area contributed by atoms with Crippen LogP contribution in [0.3, 0.4) is 0 Å². The van der Waals surface area contributed by atoms with E-state index in [2.05, 4.69) is 20.5 Å². The number of nitrogens with one attached hydrogen (secondary N) is 2. The van der Waals surface area contributed by atoms with Crippen molar-refractivity contribution in [3.05, 3.63) is 35.0 Å². The van der Waals surface area contributed by atoms with Crippen molar-refractivity contribution < 1.29 is 13.2 Å². The van der Waals surface area contributed by atoms with E-state index < -0.39 is 11.7 Å². The first-order valence-corrected chi connectivity index (χ1v) is 10.4. The van der Waals surface area contributed by atoms with Crippen LogP contribution in [0.15, 0.2) is 18.2 Å². The van der Waals surface area contributed by atoms with E-state index in [9.17, 15) is 13.2 Å². The molecule has 0 saturated carbocycles. The minimum atomic E-state index is -4.47. The van der Waals surface area contributed by atoms with Crippen molar-refractivity contribution in [3.63, 3.8) is 0 Å². The molecule has 1 aliphatic heterocycles. The lowest BCUT2D eigenvalue weighted by atomic mass is 9.95. The van der Waals surface area contributed by atoms with Crippen LogP contribution in [0.1, 0.15) is 42.5 Å². The summed E-state index contributed by atoms with van der Waals surface area (Å²) in [6.07, 6.45) is 1.66. The molecule has 0 bridgehead atoms. The number of aromatic nitrogens is 2. The highest BCUT2D eigenvalue weighted by atomic mass is 35.5. The van der Waals surface area contributed by atoms with E-state index in [1.54, 1.807) is 0 Å². The first kappa shape index (κ1) is 26.3. The lowest BCUT2D eigenvalue weighted by Gasteiger charge is -2.35. The van der Waals surface area contributed by atoms with Crippen LogP contribution >= 0.6 is 24.8 Å². The number of anilines is 4. The zero-order valence-corrected chi connectivity index (χ0v) is 19.5. The molecular weight excluding hydrogens is 464 g/mol. The highest BCUT2D eigenvalue weighted by Crippen LogP contribution is 2.35. The molecular formula is C21H29Cl2F3N6. The molecule has 1 aliphatic carbocycles. The number of hydrogen-bond donors (Lipinski definition) is 3. The van der Waals surface area contributed by atoms with Crippen LogP contribution in [0.4, 0.5) is 36.3 Å². The largest absolute Gasteiger partial charge is 0.416 e. The van der Waals surface area contributed by atoms with Gasteiger partial charge in [-0.3, -0.25) is 0 Å². The number of halogens is 5. The van der Waals surface area contributed by atoms with Crippen LogP contribution in [0.5, 0.6) is 0 Å². The maximum atomic E-state index is 13.2. The molecule has 1 aromatic carbocycles. The number of rotatable bonds is 4. The number of nitrogens with zero attached hydrogens (tertiary/aromatic N) is 3. The summed E-state index contributed by atoms with van der Waals surface area (Å²) in [4.78, 5) is 11.7. The van der Waals surface area contributed by atoms with E-state index in [1.807, 2.05) is 7.05 Å². The quantitative estimate of drug-likeness (QED) is 0.535. The molecule has 178 valence electrons. The second-order valence-corrected chi connectivity index (χ2v) is 8.04. The minimum absolute atomic E-state index is 0. The number of piperidine rings is 1. The molecule has 4 N–H and O–H groups in total. The van der Waals surface area contributed by atoms with E-state index in [1.165, 1.54) is 11.6 Å². The summed E-state index contributed by atoms with van der Waals surface area (Å²) in [6, 6.07) is 3.83. The maximum Gasteiger partial charge on any atom is 0.416 e. The normalized spacial score (nSPS) is 18.2. The Balaban J connectivity index is 0.00000181. The van der Waals surface area contributed by atoms with Crippen molar-refractivity contribution in [1.29, 1.82) is 0 Å². The van der Waals surface area contributed by atoms with E-state index in [0.717, 1.165) is 75.3 Å². The second-order valence-electron chi connectivity index (χ2n) is 8.04. The summed E-state index contributed by atoms with van der Waals surface area (Å²) in [5, 5.41) is 6.31. The highest BCUT2D eigenvalue weighted by molar-refractivity contribution is 5.85. The number of nitrogen functional groups attached to an aromatic ring is 1. The van der Waals surface area contributed by atoms with Gasteiger partial charge in [0, 0.05) is 36.1 Å². The van der Waals surface area contributed by atoms with Crippen molar-refractivity contribution in [3.8, 4) is 0 Å². The second kappa shape index (κ2) is 10.8. The Labute approximate surface area is 198 Å². The Morgan fingerprint density at radius 1 is 1.06 bits per heavy atom. The molecule has 6 nitrogen and oxygen atoms in total. The Morgan fingerprint density at radius 2 is 1.81 bits per heavy atom. The zero-order valence-electron chi connectivity index (χ0n) is 17.8. The van der Waals surface area contributed by atoms with Gasteiger partial charge in [0.05, 0.1) is 11.3 Å². The van der Waals surface area contributed by atoms with Crippen molar-refractivity contribution in [1.82, 2.24) is 15.3 Å². The molecule has 1 aromatic heterocycles. The first-order chi connectivity index (χ1) is 14.3. The Hall–Kier alpha value is -1.97. The molecule has 11 heteroatoms. The third kappa shape index (κ3) is 5.88. The lowest BCUT2D eigenvalue weighted by molar-refractivity contribution is -0.137. The summed E-state index contributed by atoms with van der Waals surface area (Å²) < 4.78 is 39.5. The molecule has 1 fully saturated rings. The van der Waals surface area contributed by atoms with Crippen LogP contribution in [0.2, 0.25) is 0 Å². The molecule has 1 saturated heterocycles. The third-order valence-electron chi connectivity index (χ3n) is 5.83. The van der Waals surface area contributed by atoms with Gasteiger partial charge in [-0.25, -0.2) is 4.98 Å². The number of nitrogens with two attached hydrogens (primary N) is 1. The average Bonchev–Trinajstić information content (AvgIpc) is 2.72. The van der Waals surface area contributed by atoms with E-state index in [-0.39, 0.29) is 36.2 Å². The monoisotopic (exact) mass is 492 g/mol. The standard InChI is InChI=1S/C21H27F3N6.2ClH/c1-26-15-5-4-8-30(12-15)19-17-6-2-3-7-18(17)28-20(29-19)27-16-10-13(21(22,23)24)9-14(25)11-16;;/h9-11,15,26H,2-8,12,25H2,1H3,(H,27,28,29);2*1H. The van der Waals surface area contributed by atoms with Crippen LogP contribution in [0, 0.1) is 0 Å². The summed E-state index contributed by atoms with van der Waals surface area (Å²) in [5.74, 6) is 1.22. The molecule has 1 unspecified atom stereocenters. The minimum Gasteiger partial charge on any atom is -0.399 e. The Morgan fingerprint density at radius 3 is 2.53 bits per heavy atom. The van der Waals surface area contributed by atoms with E-state index in [4.69, 9.17) is 10.7 Å². The molecule has 2 heterocycles. The van der Waals surface area contributed by atoms with Crippen LogP contribution in [-0.2, 0) is 19.0 Å². The van der Waals surface area contributed by atoms with Gasteiger partial charge in [0.15, 0.2) is 0 Å². The average molecular weight is 493 g/mol. The number of alkyl halides is 3. The summed E-state index contributed by atoms with van der Waals surface area (Å²) in [6.45, 7) is 1.77. The van der Waals surface area contributed by atoms with Gasteiger partial charge in [-0.1, -0.05) is 0 Å². The molecule has 1 atom stereocenters. The fourth-order valence-electron chi connectivity index (χ4n) is 4.31. The van der Waals surface area contributed by atoms with Crippen LogP contribution < -0.4 is 21.3 Å². The van der Waals surface area contributed by atoms with Crippen molar-refractivity contribution in [2.24, 2.45) is 0 Å². The Kier molecular flexibility index (Phi) is 8.84. The molecule has 0 spiro atoms. The number of aryl methyl sites for hydroxylation is 1. The van der Waals surface area contributed by atoms with Gasteiger partial charge in [-0.15, -0.1) is 24.8 Å². The van der Waals surface area contributed by atoms with Gasteiger partial charge in [0.25, 0.3) is 0 Å². The van der Waals surface area contributed by atoms with E-state index >= 15 is 0 Å². The predicted octanol–water partition coefficient (Wildman–Crippen LogP) is 4.73. The van der Waals surface area contributed by atoms with Crippen molar-refractivity contribution in [2.45, 2.75) is 50.7 Å². The highest BCUT2D eigenvalue weighted by Gasteiger charge is 2.31. The van der Waals surface area contributed by atoms with Gasteiger partial charge in [-0.05, 0) is 63.8 Å². The van der Waals surface area contributed by atoms with Crippen LogP contribution in [0.25, 0.3) is 0 Å². The Bertz CT molecular complexity index is 925. The SMILES string of the molecule is CNC1CCCN(c2nc(Nc3cc(N)cc(C(F)(F)F)c3)nc3c2CCCC3)C1.Cl.Cl. The van der Waals surface area contributed by atoms with Crippen molar-refractivity contribution >= 4 is 48.0 Å². The molecule has 4 rings (SSSR count). The summed E-state index contributed by atoms with van der Waals surface area (Å²) in [5.41, 5.74) is 7.34. The van der Waals surface area contributed by atoms with Crippen molar-refractivity contribution in [2.75, 3.05) is 36.1 Å². The van der Waals surface area contributed by atoms with Gasteiger partial charge in [0.1, 0.15) is 5.82 Å². The number of likely N-dealkylation sites (N-methyl/N-ethyl adjacent to an activating group) is 1. The van der Waals surface area contributed by atoms with Gasteiger partial charge in [0.2, 0.25) is 5.95 Å². The zero-order chi connectivity index (χ0) is 21.3. The fourth-order valence-corrected chi connectivity index (χ4v) is 4.31.